The molecule has 0 spiro atoms. The lowest BCUT2D eigenvalue weighted by Gasteiger charge is -2.37. The van der Waals surface area contributed by atoms with E-state index in [-0.39, 0.29) is 19.3 Å². The van der Waals surface area contributed by atoms with Crippen molar-refractivity contribution < 1.29 is 57.7 Å². The first-order chi connectivity index (χ1) is 48.0. The average Bonchev–Trinajstić information content (AvgIpc) is 1.72. The van der Waals surface area contributed by atoms with Gasteiger partial charge in [0.2, 0.25) is 35.4 Å². The molecule has 8 aromatic rings. The van der Waals surface area contributed by atoms with E-state index in [1.165, 1.54) is 6.92 Å². The lowest BCUT2D eigenvalue weighted by atomic mass is 9.77. The van der Waals surface area contributed by atoms with Gasteiger partial charge in [-0.25, -0.2) is 14.6 Å². The number of nitrogens with one attached hydrogen (secondary N) is 7. The van der Waals surface area contributed by atoms with Crippen molar-refractivity contribution in [2.45, 2.75) is 159 Å². The van der Waals surface area contributed by atoms with E-state index < -0.39 is 131 Å². The Labute approximate surface area is 591 Å². The van der Waals surface area contributed by atoms with Gasteiger partial charge >= 0.3 is 12.1 Å². The molecule has 8 rings (SSSR count). The number of aliphatic carboxylic acids is 1. The molecular weight excluding hydrogens is 1280 g/mol. The maximum absolute atomic E-state index is 15.3. The molecule has 0 aliphatic carbocycles. The number of ether oxygens (including phenoxy) is 3. The molecule has 0 aliphatic heterocycles. The van der Waals surface area contributed by atoms with Crippen LogP contribution in [0.2, 0.25) is 0 Å². The summed E-state index contributed by atoms with van der Waals surface area (Å²) in [6.07, 6.45) is 0.393. The fourth-order valence-corrected chi connectivity index (χ4v) is 12.0. The van der Waals surface area contributed by atoms with Gasteiger partial charge in [0.15, 0.2) is 0 Å². The lowest BCUT2D eigenvalue weighted by Crippen LogP contribution is -2.60. The summed E-state index contributed by atoms with van der Waals surface area (Å²) in [6, 6.07) is 58.9. The Balaban J connectivity index is 1.12. The minimum absolute atomic E-state index is 0.0755. The van der Waals surface area contributed by atoms with Crippen LogP contribution < -0.4 is 37.2 Å². The molecule has 21 heteroatoms. The van der Waals surface area contributed by atoms with Crippen LogP contribution in [0.1, 0.15) is 127 Å². The molecule has 21 nitrogen and oxygen atoms in total. The molecule has 7 amide bonds. The lowest BCUT2D eigenvalue weighted by molar-refractivity contribution is -0.144. The molecule has 6 atom stereocenters. The zero-order valence-corrected chi connectivity index (χ0v) is 58.9. The van der Waals surface area contributed by atoms with Gasteiger partial charge in [-0.1, -0.05) is 212 Å². The highest BCUT2D eigenvalue weighted by Crippen LogP contribution is 2.41. The van der Waals surface area contributed by atoms with Crippen LogP contribution in [0.4, 0.5) is 4.79 Å². The Hall–Kier alpha value is -10.8. The van der Waals surface area contributed by atoms with Crippen molar-refractivity contribution in [3.63, 3.8) is 0 Å². The average molecular weight is 1370 g/mol. The third kappa shape index (κ3) is 21.1. The van der Waals surface area contributed by atoms with Crippen LogP contribution in [0.15, 0.2) is 225 Å². The highest BCUT2D eigenvalue weighted by atomic mass is 16.6. The van der Waals surface area contributed by atoms with Gasteiger partial charge in [0.25, 0.3) is 0 Å². The molecule has 0 radical (unpaired) electrons. The van der Waals surface area contributed by atoms with Gasteiger partial charge in [0, 0.05) is 25.5 Å². The zero-order valence-electron chi connectivity index (χ0n) is 58.9. The summed E-state index contributed by atoms with van der Waals surface area (Å²) in [5, 5.41) is 29.5. The van der Waals surface area contributed by atoms with E-state index in [0.29, 0.717) is 27.9 Å². The Morgan fingerprint density at radius 3 is 1.35 bits per heavy atom. The van der Waals surface area contributed by atoms with Crippen LogP contribution in [0, 0.1) is 0 Å². The number of carbonyl (C=O) groups excluding carboxylic acids is 7. The Morgan fingerprint density at radius 1 is 0.465 bits per heavy atom. The van der Waals surface area contributed by atoms with E-state index in [1.54, 1.807) is 105 Å². The number of benzene rings is 7. The molecule has 101 heavy (non-hydrogen) atoms. The van der Waals surface area contributed by atoms with Crippen LogP contribution in [0.3, 0.4) is 0 Å². The Morgan fingerprint density at radius 2 is 0.901 bits per heavy atom. The number of carboxylic acid groups (broad SMARTS) is 1. The van der Waals surface area contributed by atoms with Gasteiger partial charge in [-0.3, -0.25) is 28.8 Å². The largest absolute Gasteiger partial charge is 0.480 e. The Bertz CT molecular complexity index is 3840. The van der Waals surface area contributed by atoms with E-state index in [2.05, 4.69) is 37.2 Å². The molecule has 0 saturated carbocycles. The summed E-state index contributed by atoms with van der Waals surface area (Å²) >= 11 is 0. The third-order valence-corrected chi connectivity index (χ3v) is 16.5. The minimum atomic E-state index is -1.62. The quantitative estimate of drug-likeness (QED) is 0.0188. The van der Waals surface area contributed by atoms with Crippen molar-refractivity contribution in [2.24, 2.45) is 0 Å². The van der Waals surface area contributed by atoms with Crippen LogP contribution in [0.5, 0.6) is 0 Å². The van der Waals surface area contributed by atoms with Crippen molar-refractivity contribution in [1.29, 1.82) is 0 Å². The number of alkyl carbamates (subject to hydrolysis) is 1. The molecule has 0 unspecified atom stereocenters. The van der Waals surface area contributed by atoms with E-state index >= 15 is 9.59 Å². The van der Waals surface area contributed by atoms with Crippen LogP contribution in [-0.2, 0) is 71.7 Å². The monoisotopic (exact) mass is 1370 g/mol. The van der Waals surface area contributed by atoms with Crippen LogP contribution in [0.25, 0.3) is 0 Å². The predicted octanol–water partition coefficient (Wildman–Crippen LogP) is 9.45. The Kier molecular flexibility index (Phi) is 25.8. The number of hydrogen-bond donors (Lipinski definition) is 8. The zero-order chi connectivity index (χ0) is 73.0. The number of hydrogen-bond acceptors (Lipinski definition) is 12. The second kappa shape index (κ2) is 34.3. The summed E-state index contributed by atoms with van der Waals surface area (Å²) in [7, 11) is 0. The van der Waals surface area contributed by atoms with E-state index in [1.807, 2.05) is 187 Å². The van der Waals surface area contributed by atoms with Gasteiger partial charge in [0.1, 0.15) is 46.9 Å². The SMILES string of the molecule is C[C@@H](OC(C)(C)C)[C@H](NC(=O)CNC(=O)[C@H](CCC(=O)NC(c1ccccc1)(c1ccccc1)c1ccccc1)NC(=O)[C@H](COC(C)(C)C)NC(=O)[C@H](Cc1cn(C(c2ccccc2)(c2ccccc2)c2ccccc2)cn1)NC(=O)OC(C)(C)C)C(=O)N[C@@H](Cc1ccccc1)C(=O)O. The van der Waals surface area contributed by atoms with E-state index in [0.717, 1.165) is 16.7 Å². The first kappa shape index (κ1) is 76.0. The van der Waals surface area contributed by atoms with Gasteiger partial charge in [-0.2, -0.15) is 0 Å². The number of imidazole rings is 1. The number of carbonyl (C=O) groups is 8. The molecular formula is C80H93N9O12. The molecule has 0 aliphatic rings. The van der Waals surface area contributed by atoms with Crippen molar-refractivity contribution in [1.82, 2.24) is 46.8 Å². The first-order valence-electron chi connectivity index (χ1n) is 33.8. The normalized spacial score (nSPS) is 13.7. The van der Waals surface area contributed by atoms with Crippen molar-refractivity contribution in [3.05, 3.63) is 269 Å². The highest BCUT2D eigenvalue weighted by Gasteiger charge is 2.42. The van der Waals surface area contributed by atoms with Gasteiger partial charge in [0.05, 0.1) is 42.5 Å². The summed E-state index contributed by atoms with van der Waals surface area (Å²) in [5.41, 5.74) is 0.847. The van der Waals surface area contributed by atoms with Crippen LogP contribution in [-0.4, -0.2) is 128 Å². The predicted molar refractivity (Wildman–Crippen MR) is 385 cm³/mol. The van der Waals surface area contributed by atoms with E-state index in [9.17, 15) is 33.9 Å². The number of aromatic nitrogens is 2. The smallest absolute Gasteiger partial charge is 0.408 e. The summed E-state index contributed by atoms with van der Waals surface area (Å²) in [4.78, 5) is 120. The highest BCUT2D eigenvalue weighted by molar-refractivity contribution is 5.96. The van der Waals surface area contributed by atoms with Gasteiger partial charge < -0.3 is 61.1 Å². The molecule has 0 bridgehead atoms. The molecule has 0 fully saturated rings. The molecule has 8 N–H and O–H groups in total. The van der Waals surface area contributed by atoms with E-state index in [4.69, 9.17) is 19.2 Å². The fraction of sp³-hybridized carbons (Fsp3) is 0.338. The van der Waals surface area contributed by atoms with Crippen molar-refractivity contribution >= 4 is 47.5 Å². The molecule has 7 aromatic carbocycles. The molecule has 1 heterocycles. The number of nitrogens with zero attached hydrogens (tertiary/aromatic N) is 2. The molecule has 530 valence electrons. The van der Waals surface area contributed by atoms with Crippen molar-refractivity contribution in [2.75, 3.05) is 13.2 Å². The van der Waals surface area contributed by atoms with Crippen LogP contribution >= 0.6 is 0 Å². The topological polar surface area (TPSA) is 287 Å². The van der Waals surface area contributed by atoms with Crippen molar-refractivity contribution in [3.8, 4) is 0 Å². The maximum Gasteiger partial charge on any atom is 0.408 e. The van der Waals surface area contributed by atoms with Gasteiger partial charge in [-0.15, -0.1) is 0 Å². The second-order valence-corrected chi connectivity index (χ2v) is 27.8. The number of carboxylic acids is 1. The summed E-state index contributed by atoms with van der Waals surface area (Å²) < 4.78 is 20.0. The summed E-state index contributed by atoms with van der Waals surface area (Å²) in [6.45, 7) is 15.7. The fourth-order valence-electron chi connectivity index (χ4n) is 12.0. The number of rotatable bonds is 31. The maximum atomic E-state index is 15.3. The first-order valence-corrected chi connectivity index (χ1v) is 33.8. The third-order valence-electron chi connectivity index (χ3n) is 16.5. The van der Waals surface area contributed by atoms with Gasteiger partial charge in [-0.05, 0) is 115 Å². The molecule has 1 aromatic heterocycles. The second-order valence-electron chi connectivity index (χ2n) is 27.8. The minimum Gasteiger partial charge on any atom is -0.480 e. The summed E-state index contributed by atoms with van der Waals surface area (Å²) in [5.74, 6) is -6.41. The standard InChI is InChI=1S/C80H93N9O12/c1-54(100-77(5,6)7)69(73(95)84-65(74(96)97)48-55-32-18-11-19-33-55)87-68(91)50-81-70(92)63(46-47-67(90)88-79(56-34-20-12-21-35-56,57-36-22-13-23-37-57)58-38-24-14-25-39-58)83-72(94)66(52-99-76(2,3)4)85-71(93)64(86-75(98)101-78(8,9)10)49-62-51-89(53-82-62)80(59-40-26-15-27-41-59,60-42-28-16-29-43-60)61-44-30-17-31-45-61/h11-45,51,53-54,63-66,69H,46-50,52H2,1-10H3,(H,81,92)(H,83,94)(H,84,95)(H,85,93)(H,86,98)(H,87,91)(H,88,90)(H,96,97)/t54-,63+,64+,65+,66+,69+/m1/s1. The number of amides is 7. The molecule has 0 saturated heterocycles.